The van der Waals surface area contributed by atoms with E-state index in [1.54, 1.807) is 24.3 Å². The number of rotatable bonds is 4. The average molecular weight is 279 g/mol. The summed E-state index contributed by atoms with van der Waals surface area (Å²) in [6.45, 7) is 0.968. The molecule has 1 aliphatic heterocycles. The van der Waals surface area contributed by atoms with Crippen molar-refractivity contribution in [2.24, 2.45) is 0 Å². The molecule has 0 N–H and O–H groups in total. The summed E-state index contributed by atoms with van der Waals surface area (Å²) in [6.07, 6.45) is 1.05. The molecule has 1 aromatic rings. The van der Waals surface area contributed by atoms with Gasteiger partial charge in [0, 0.05) is 13.2 Å². The molecule has 1 saturated heterocycles. The molecule has 4 nitrogen and oxygen atoms in total. The van der Waals surface area contributed by atoms with E-state index in [4.69, 9.17) is 10.00 Å². The summed E-state index contributed by atoms with van der Waals surface area (Å²) in [7, 11) is -3.34. The van der Waals surface area contributed by atoms with Gasteiger partial charge in [0.15, 0.2) is 9.84 Å². The third-order valence-corrected chi connectivity index (χ3v) is 6.11. The molecule has 0 aliphatic carbocycles. The zero-order valence-corrected chi connectivity index (χ0v) is 11.5. The van der Waals surface area contributed by atoms with Crippen molar-refractivity contribution < 1.29 is 13.2 Å². The van der Waals surface area contributed by atoms with Gasteiger partial charge in [0.05, 0.1) is 23.0 Å². The zero-order chi connectivity index (χ0) is 13.7. The Morgan fingerprint density at radius 3 is 2.47 bits per heavy atom. The summed E-state index contributed by atoms with van der Waals surface area (Å²) in [6, 6.07) is 11.0. The van der Waals surface area contributed by atoms with Gasteiger partial charge in [-0.25, -0.2) is 8.42 Å². The predicted molar refractivity (Wildman–Crippen MR) is 72.2 cm³/mol. The van der Waals surface area contributed by atoms with E-state index in [-0.39, 0.29) is 11.7 Å². The average Bonchev–Trinajstić information content (AvgIpc) is 2.46. The lowest BCUT2D eigenvalue weighted by molar-refractivity contribution is 0.0982. The van der Waals surface area contributed by atoms with Crippen molar-refractivity contribution in [2.75, 3.05) is 13.2 Å². The molecule has 0 spiro atoms. The van der Waals surface area contributed by atoms with Crippen LogP contribution < -0.4 is 0 Å². The van der Waals surface area contributed by atoms with Crippen molar-refractivity contribution in [3.8, 4) is 6.07 Å². The quantitative estimate of drug-likeness (QED) is 0.847. The van der Waals surface area contributed by atoms with Crippen molar-refractivity contribution >= 4 is 9.84 Å². The molecule has 0 amide bonds. The Labute approximate surface area is 113 Å². The summed E-state index contributed by atoms with van der Waals surface area (Å²) >= 11 is 0. The van der Waals surface area contributed by atoms with E-state index >= 15 is 0 Å². The van der Waals surface area contributed by atoms with Gasteiger partial charge in [-0.05, 0) is 18.4 Å². The van der Waals surface area contributed by atoms with Crippen LogP contribution in [0.2, 0.25) is 0 Å². The van der Waals surface area contributed by atoms with Gasteiger partial charge in [0.1, 0.15) is 0 Å². The molecule has 1 heterocycles. The van der Waals surface area contributed by atoms with Crippen LogP contribution >= 0.6 is 0 Å². The minimum Gasteiger partial charge on any atom is -0.381 e. The van der Waals surface area contributed by atoms with E-state index in [0.29, 0.717) is 31.6 Å². The summed E-state index contributed by atoms with van der Waals surface area (Å²) in [4.78, 5) is 0. The Bertz CT molecular complexity index is 542. The van der Waals surface area contributed by atoms with Gasteiger partial charge in [0.25, 0.3) is 0 Å². The van der Waals surface area contributed by atoms with E-state index in [9.17, 15) is 8.42 Å². The first-order chi connectivity index (χ1) is 9.16. The van der Waals surface area contributed by atoms with Crippen molar-refractivity contribution in [1.82, 2.24) is 0 Å². The van der Waals surface area contributed by atoms with Crippen LogP contribution in [0.1, 0.15) is 30.1 Å². The van der Waals surface area contributed by atoms with Crippen LogP contribution in [0.25, 0.3) is 0 Å². The number of nitriles is 1. The van der Waals surface area contributed by atoms with Crippen LogP contribution in [0.15, 0.2) is 30.3 Å². The van der Waals surface area contributed by atoms with Crippen LogP contribution in [0.3, 0.4) is 0 Å². The predicted octanol–water partition coefficient (Wildman–Crippen LogP) is 2.24. The standard InChI is InChI=1S/C14H17NO3S/c15-9-6-14(12-4-2-1-3-5-12)19(16,17)13-7-10-18-11-8-13/h1-5,13-14H,6-8,10-11H2. The monoisotopic (exact) mass is 279 g/mol. The summed E-state index contributed by atoms with van der Waals surface area (Å²) < 4.78 is 30.5. The van der Waals surface area contributed by atoms with E-state index in [1.807, 2.05) is 12.1 Å². The van der Waals surface area contributed by atoms with Crippen LogP contribution in [0.4, 0.5) is 0 Å². The molecule has 19 heavy (non-hydrogen) atoms. The second kappa shape index (κ2) is 6.18. The van der Waals surface area contributed by atoms with Crippen molar-refractivity contribution in [1.29, 1.82) is 5.26 Å². The highest BCUT2D eigenvalue weighted by atomic mass is 32.2. The molecule has 5 heteroatoms. The second-order valence-corrected chi connectivity index (χ2v) is 7.08. The fourth-order valence-corrected chi connectivity index (χ4v) is 4.57. The molecule has 1 unspecified atom stereocenters. The Balaban J connectivity index is 2.30. The normalized spacial score (nSPS) is 18.7. The van der Waals surface area contributed by atoms with Crippen molar-refractivity contribution in [3.63, 3.8) is 0 Å². The highest BCUT2D eigenvalue weighted by Crippen LogP contribution is 2.32. The van der Waals surface area contributed by atoms with E-state index < -0.39 is 15.1 Å². The van der Waals surface area contributed by atoms with Crippen molar-refractivity contribution in [2.45, 2.75) is 29.8 Å². The third-order valence-electron chi connectivity index (χ3n) is 3.48. The fourth-order valence-electron chi connectivity index (χ4n) is 2.41. The molecule has 1 fully saturated rings. The molecule has 0 bridgehead atoms. The maximum absolute atomic E-state index is 12.7. The summed E-state index contributed by atoms with van der Waals surface area (Å²) in [5, 5.41) is 7.81. The Morgan fingerprint density at radius 1 is 1.26 bits per heavy atom. The number of hydrogen-bond acceptors (Lipinski definition) is 4. The third kappa shape index (κ3) is 3.14. The van der Waals surface area contributed by atoms with Gasteiger partial charge < -0.3 is 4.74 Å². The molecule has 2 rings (SSSR count). The Hall–Kier alpha value is -1.38. The fraction of sp³-hybridized carbons (Fsp3) is 0.500. The zero-order valence-electron chi connectivity index (χ0n) is 10.7. The van der Waals surface area contributed by atoms with Gasteiger partial charge in [0.2, 0.25) is 0 Å². The van der Waals surface area contributed by atoms with E-state index in [2.05, 4.69) is 0 Å². The maximum Gasteiger partial charge on any atom is 0.161 e. The van der Waals surface area contributed by atoms with Crippen LogP contribution in [0.5, 0.6) is 0 Å². The van der Waals surface area contributed by atoms with Crippen LogP contribution in [0, 0.1) is 11.3 Å². The Morgan fingerprint density at radius 2 is 1.89 bits per heavy atom. The smallest absolute Gasteiger partial charge is 0.161 e. The van der Waals surface area contributed by atoms with Crippen LogP contribution in [-0.2, 0) is 14.6 Å². The molecule has 102 valence electrons. The minimum atomic E-state index is -3.34. The number of benzene rings is 1. The Kier molecular flexibility index (Phi) is 4.56. The maximum atomic E-state index is 12.7. The summed E-state index contributed by atoms with van der Waals surface area (Å²) in [5.74, 6) is 0. The molecule has 0 saturated carbocycles. The highest BCUT2D eigenvalue weighted by molar-refractivity contribution is 7.92. The molecule has 0 aromatic heterocycles. The number of ether oxygens (including phenoxy) is 1. The van der Waals surface area contributed by atoms with E-state index in [1.165, 1.54) is 0 Å². The van der Waals surface area contributed by atoms with Gasteiger partial charge >= 0.3 is 0 Å². The first-order valence-electron chi connectivity index (χ1n) is 6.38. The second-order valence-electron chi connectivity index (χ2n) is 4.66. The number of nitrogens with zero attached hydrogens (tertiary/aromatic N) is 1. The lowest BCUT2D eigenvalue weighted by atomic mass is 10.1. The van der Waals surface area contributed by atoms with Gasteiger partial charge in [-0.15, -0.1) is 0 Å². The molecule has 1 atom stereocenters. The van der Waals surface area contributed by atoms with Gasteiger partial charge in [-0.2, -0.15) is 5.26 Å². The molecule has 1 aliphatic rings. The van der Waals surface area contributed by atoms with Gasteiger partial charge in [-0.3, -0.25) is 0 Å². The highest BCUT2D eigenvalue weighted by Gasteiger charge is 2.35. The lowest BCUT2D eigenvalue weighted by Gasteiger charge is -2.26. The van der Waals surface area contributed by atoms with Gasteiger partial charge in [-0.1, -0.05) is 30.3 Å². The first-order valence-corrected chi connectivity index (χ1v) is 7.99. The molecule has 1 aromatic carbocycles. The van der Waals surface area contributed by atoms with Crippen LogP contribution in [-0.4, -0.2) is 26.9 Å². The number of sulfone groups is 1. The topological polar surface area (TPSA) is 67.2 Å². The minimum absolute atomic E-state index is 0.00367. The van der Waals surface area contributed by atoms with Crippen molar-refractivity contribution in [3.05, 3.63) is 35.9 Å². The lowest BCUT2D eigenvalue weighted by Crippen LogP contribution is -2.32. The molecular formula is C14H17NO3S. The summed E-state index contributed by atoms with van der Waals surface area (Å²) in [5.41, 5.74) is 0.704. The van der Waals surface area contributed by atoms with E-state index in [0.717, 1.165) is 0 Å². The SMILES string of the molecule is N#CCC(c1ccccc1)S(=O)(=O)C1CCOCC1. The largest absolute Gasteiger partial charge is 0.381 e. The molecule has 0 radical (unpaired) electrons. The number of hydrogen-bond donors (Lipinski definition) is 0. The first kappa shape index (κ1) is 14.0. The molecular weight excluding hydrogens is 262 g/mol.